The van der Waals surface area contributed by atoms with E-state index in [9.17, 15) is 0 Å². The van der Waals surface area contributed by atoms with Gasteiger partial charge >= 0.3 is 0 Å². The molecule has 2 rings (SSSR count). The Morgan fingerprint density at radius 1 is 1.32 bits per heavy atom. The summed E-state index contributed by atoms with van der Waals surface area (Å²) in [6, 6.07) is 0. The van der Waals surface area contributed by atoms with Crippen molar-refractivity contribution in [3.05, 3.63) is 0 Å². The summed E-state index contributed by atoms with van der Waals surface area (Å²) in [5.41, 5.74) is 5.74. The number of nitrogen functional groups attached to an aromatic ring is 1. The van der Waals surface area contributed by atoms with Gasteiger partial charge < -0.3 is 20.7 Å². The van der Waals surface area contributed by atoms with E-state index in [4.69, 9.17) is 10.5 Å². The Hall–Kier alpha value is -1.63. The van der Waals surface area contributed by atoms with Crippen LogP contribution in [-0.2, 0) is 4.74 Å². The SMILES string of the molecule is CCN(CC)c1nc(N)nc(NCC2CCOC2)n1. The van der Waals surface area contributed by atoms with Crippen LogP contribution in [0.25, 0.3) is 0 Å². The van der Waals surface area contributed by atoms with Gasteiger partial charge in [0.25, 0.3) is 0 Å². The average Bonchev–Trinajstić information content (AvgIpc) is 2.90. The van der Waals surface area contributed by atoms with Crippen molar-refractivity contribution in [1.29, 1.82) is 0 Å². The second-order valence-corrected chi connectivity index (χ2v) is 4.60. The molecule has 3 N–H and O–H groups in total. The smallest absolute Gasteiger partial charge is 0.231 e. The van der Waals surface area contributed by atoms with Crippen LogP contribution < -0.4 is 16.0 Å². The summed E-state index contributed by atoms with van der Waals surface area (Å²) in [5.74, 6) is 1.95. The van der Waals surface area contributed by atoms with E-state index in [1.54, 1.807) is 0 Å². The number of aromatic nitrogens is 3. The quantitative estimate of drug-likeness (QED) is 0.785. The Morgan fingerprint density at radius 2 is 2.11 bits per heavy atom. The maximum atomic E-state index is 5.74. The van der Waals surface area contributed by atoms with E-state index in [-0.39, 0.29) is 5.95 Å². The molecule has 0 saturated carbocycles. The maximum absolute atomic E-state index is 5.74. The van der Waals surface area contributed by atoms with Crippen LogP contribution in [0.2, 0.25) is 0 Å². The van der Waals surface area contributed by atoms with E-state index in [1.165, 1.54) is 0 Å². The first-order valence-corrected chi connectivity index (χ1v) is 6.81. The lowest BCUT2D eigenvalue weighted by molar-refractivity contribution is 0.187. The van der Waals surface area contributed by atoms with Crippen LogP contribution in [0.3, 0.4) is 0 Å². The lowest BCUT2D eigenvalue weighted by Gasteiger charge is -2.19. The van der Waals surface area contributed by atoms with Crippen molar-refractivity contribution in [2.45, 2.75) is 20.3 Å². The lowest BCUT2D eigenvalue weighted by atomic mass is 10.1. The molecule has 0 aromatic carbocycles. The summed E-state index contributed by atoms with van der Waals surface area (Å²) >= 11 is 0. The zero-order chi connectivity index (χ0) is 13.7. The minimum absolute atomic E-state index is 0.252. The second kappa shape index (κ2) is 6.51. The third kappa shape index (κ3) is 3.66. The van der Waals surface area contributed by atoms with Crippen LogP contribution in [0, 0.1) is 5.92 Å². The molecule has 1 fully saturated rings. The molecule has 1 aromatic heterocycles. The molecule has 0 radical (unpaired) electrons. The van der Waals surface area contributed by atoms with E-state index in [1.807, 2.05) is 4.90 Å². The van der Waals surface area contributed by atoms with E-state index >= 15 is 0 Å². The minimum Gasteiger partial charge on any atom is -0.381 e. The van der Waals surface area contributed by atoms with Gasteiger partial charge in [0.1, 0.15) is 0 Å². The highest BCUT2D eigenvalue weighted by Crippen LogP contribution is 2.15. The van der Waals surface area contributed by atoms with Crippen molar-refractivity contribution in [3.63, 3.8) is 0 Å². The molecule has 1 saturated heterocycles. The number of ether oxygens (including phenoxy) is 1. The number of anilines is 3. The summed E-state index contributed by atoms with van der Waals surface area (Å²) in [6.07, 6.45) is 1.08. The van der Waals surface area contributed by atoms with E-state index in [2.05, 4.69) is 34.1 Å². The van der Waals surface area contributed by atoms with Gasteiger partial charge in [0, 0.05) is 32.2 Å². The Kier molecular flexibility index (Phi) is 4.73. The molecular formula is C12H22N6O. The van der Waals surface area contributed by atoms with Crippen molar-refractivity contribution >= 4 is 17.8 Å². The Labute approximate surface area is 113 Å². The van der Waals surface area contributed by atoms with Crippen molar-refractivity contribution in [3.8, 4) is 0 Å². The molecule has 7 heteroatoms. The summed E-state index contributed by atoms with van der Waals surface area (Å²) in [6.45, 7) is 8.26. The van der Waals surface area contributed by atoms with Gasteiger partial charge in [-0.3, -0.25) is 0 Å². The molecule has 1 aromatic rings. The second-order valence-electron chi connectivity index (χ2n) is 4.60. The third-order valence-electron chi connectivity index (χ3n) is 3.26. The zero-order valence-electron chi connectivity index (χ0n) is 11.6. The van der Waals surface area contributed by atoms with E-state index in [0.717, 1.165) is 39.3 Å². The van der Waals surface area contributed by atoms with E-state index < -0.39 is 0 Å². The first-order valence-electron chi connectivity index (χ1n) is 6.81. The standard InChI is InChI=1S/C12H22N6O/c1-3-18(4-2)12-16-10(13)15-11(17-12)14-7-9-5-6-19-8-9/h9H,3-8H2,1-2H3,(H3,13,14,15,16,17). The number of rotatable bonds is 6. The molecule has 1 atom stereocenters. The van der Waals surface area contributed by atoms with Crippen LogP contribution >= 0.6 is 0 Å². The highest BCUT2D eigenvalue weighted by Gasteiger charge is 2.16. The number of nitrogens with two attached hydrogens (primary N) is 1. The van der Waals surface area contributed by atoms with Crippen LogP contribution in [0.5, 0.6) is 0 Å². The van der Waals surface area contributed by atoms with Crippen LogP contribution in [0.1, 0.15) is 20.3 Å². The number of nitrogens with one attached hydrogen (secondary N) is 1. The fraction of sp³-hybridized carbons (Fsp3) is 0.750. The highest BCUT2D eigenvalue weighted by atomic mass is 16.5. The van der Waals surface area contributed by atoms with Gasteiger partial charge in [-0.2, -0.15) is 15.0 Å². The Morgan fingerprint density at radius 3 is 2.74 bits per heavy atom. The molecule has 2 heterocycles. The van der Waals surface area contributed by atoms with Crippen molar-refractivity contribution in [1.82, 2.24) is 15.0 Å². The lowest BCUT2D eigenvalue weighted by Crippen LogP contribution is -2.26. The van der Waals surface area contributed by atoms with Crippen molar-refractivity contribution < 1.29 is 4.74 Å². The minimum atomic E-state index is 0.252. The van der Waals surface area contributed by atoms with Gasteiger partial charge in [-0.15, -0.1) is 0 Å². The molecule has 19 heavy (non-hydrogen) atoms. The molecule has 0 bridgehead atoms. The Balaban J connectivity index is 2.03. The number of nitrogens with zero attached hydrogens (tertiary/aromatic N) is 4. The van der Waals surface area contributed by atoms with Gasteiger partial charge in [-0.05, 0) is 20.3 Å². The number of hydrogen-bond donors (Lipinski definition) is 2. The van der Waals surface area contributed by atoms with Gasteiger partial charge in [0.2, 0.25) is 17.8 Å². The summed E-state index contributed by atoms with van der Waals surface area (Å²) in [7, 11) is 0. The Bertz CT molecular complexity index is 403. The predicted octanol–water partition coefficient (Wildman–Crippen LogP) is 0.748. The molecule has 0 amide bonds. The predicted molar refractivity (Wildman–Crippen MR) is 75.2 cm³/mol. The van der Waals surface area contributed by atoms with Crippen LogP contribution in [-0.4, -0.2) is 47.8 Å². The molecule has 1 unspecified atom stereocenters. The van der Waals surface area contributed by atoms with E-state index in [0.29, 0.717) is 17.8 Å². The number of hydrogen-bond acceptors (Lipinski definition) is 7. The van der Waals surface area contributed by atoms with Crippen LogP contribution in [0.4, 0.5) is 17.8 Å². The molecule has 1 aliphatic heterocycles. The first kappa shape index (κ1) is 13.8. The summed E-state index contributed by atoms with van der Waals surface area (Å²) in [4.78, 5) is 14.7. The van der Waals surface area contributed by atoms with Gasteiger partial charge in [-0.25, -0.2) is 0 Å². The van der Waals surface area contributed by atoms with Gasteiger partial charge in [0.15, 0.2) is 0 Å². The maximum Gasteiger partial charge on any atom is 0.231 e. The topological polar surface area (TPSA) is 89.2 Å². The third-order valence-corrected chi connectivity index (χ3v) is 3.26. The molecular weight excluding hydrogens is 244 g/mol. The molecule has 1 aliphatic rings. The van der Waals surface area contributed by atoms with Gasteiger partial charge in [0.05, 0.1) is 6.61 Å². The van der Waals surface area contributed by atoms with Crippen molar-refractivity contribution in [2.24, 2.45) is 5.92 Å². The normalized spacial score (nSPS) is 18.5. The van der Waals surface area contributed by atoms with Crippen molar-refractivity contribution in [2.75, 3.05) is 48.8 Å². The highest BCUT2D eigenvalue weighted by molar-refractivity contribution is 5.41. The molecule has 0 spiro atoms. The molecule has 7 nitrogen and oxygen atoms in total. The zero-order valence-corrected chi connectivity index (χ0v) is 11.6. The van der Waals surface area contributed by atoms with Crippen LogP contribution in [0.15, 0.2) is 0 Å². The summed E-state index contributed by atoms with van der Waals surface area (Å²) < 4.78 is 5.34. The van der Waals surface area contributed by atoms with Gasteiger partial charge in [-0.1, -0.05) is 0 Å². The first-order chi connectivity index (χ1) is 9.22. The molecule has 106 valence electrons. The largest absolute Gasteiger partial charge is 0.381 e. The summed E-state index contributed by atoms with van der Waals surface area (Å²) in [5, 5.41) is 3.22. The fourth-order valence-corrected chi connectivity index (χ4v) is 2.09. The molecule has 0 aliphatic carbocycles. The average molecular weight is 266 g/mol. The fourth-order valence-electron chi connectivity index (χ4n) is 2.09. The monoisotopic (exact) mass is 266 g/mol.